The number of aromatic nitrogens is 2. The first-order chi connectivity index (χ1) is 25.8. The van der Waals surface area contributed by atoms with Crippen LogP contribution in [0.2, 0.25) is 0 Å². The fourth-order valence-corrected chi connectivity index (χ4v) is 6.61. The molecule has 0 amide bonds. The lowest BCUT2D eigenvalue weighted by molar-refractivity contribution is -0.0461. The van der Waals surface area contributed by atoms with Gasteiger partial charge in [-0.25, -0.2) is 19.6 Å². The number of hydrogen-bond acceptors (Lipinski definition) is 12. The molecule has 288 valence electrons. The van der Waals surface area contributed by atoms with Crippen LogP contribution in [0.1, 0.15) is 86.3 Å². The minimum absolute atomic E-state index is 0.0409. The van der Waals surface area contributed by atoms with Crippen LogP contribution in [0, 0.1) is 10.8 Å². The molecule has 3 aliphatic heterocycles. The van der Waals surface area contributed by atoms with Crippen molar-refractivity contribution in [2.75, 3.05) is 0 Å². The highest BCUT2D eigenvalue weighted by molar-refractivity contribution is 7.10. The highest BCUT2D eigenvalue weighted by atomic mass is 32.1. The molecule has 54 heavy (non-hydrogen) atoms. The van der Waals surface area contributed by atoms with E-state index in [-0.39, 0.29) is 41.4 Å². The van der Waals surface area contributed by atoms with Crippen LogP contribution in [-0.4, -0.2) is 80.7 Å². The molecule has 2 fully saturated rings. The van der Waals surface area contributed by atoms with Gasteiger partial charge >= 0.3 is 11.9 Å². The second-order valence-corrected chi connectivity index (χ2v) is 15.7. The van der Waals surface area contributed by atoms with Crippen LogP contribution >= 0.6 is 11.3 Å². The first kappa shape index (κ1) is 40.7. The predicted molar refractivity (Wildman–Crippen MR) is 212 cm³/mol. The maximum atomic E-state index is 13.3. The Bertz CT molecular complexity index is 1710. The number of hydrogen-bond donors (Lipinski definition) is 4. The van der Waals surface area contributed by atoms with Gasteiger partial charge in [0, 0.05) is 59.3 Å². The van der Waals surface area contributed by atoms with Crippen LogP contribution in [0.5, 0.6) is 0 Å². The number of nitrogens with one attached hydrogen (secondary N) is 2. The Balaban J connectivity index is 1.35. The largest absolute Gasteiger partial charge is 0.457 e. The Morgan fingerprint density at radius 2 is 1.24 bits per heavy atom. The van der Waals surface area contributed by atoms with E-state index in [1.54, 1.807) is 41.8 Å². The lowest BCUT2D eigenvalue weighted by atomic mass is 9.79. The standard InChI is InChI=1S/C42H52N4O7S/c1-7-15-33(47)41(3,4)35-21-13-19-30-28(44-30)18-10-12-24-38-46-32(26-54-38)40(50)53-36(42(5,6)34(48)16-8-2)22-14-20-29-27(43-29)17-9-11-23-37-45-31(25-51-37)39(49)52-35/h7-20,23-30,33-36,43-44,47-48H,21-22H2,1-6H3/b15-7+,16-8+,17-9+,18-10+,19-13-,20-14-,23-11-,24-12-/t27-,28-,29+,30+,33-,34-,35-,36-/m0/s1. The molecule has 2 saturated heterocycles. The topological polar surface area (TPSA) is 176 Å². The van der Waals surface area contributed by atoms with Crippen LogP contribution in [0.15, 0.2) is 101 Å². The quantitative estimate of drug-likeness (QED) is 0.143. The Morgan fingerprint density at radius 3 is 1.78 bits per heavy atom. The average Bonchev–Trinajstić information content (AvgIpc) is 3.93. The van der Waals surface area contributed by atoms with E-state index >= 15 is 0 Å². The second-order valence-electron chi connectivity index (χ2n) is 14.8. The van der Waals surface area contributed by atoms with Gasteiger partial charge in [0.2, 0.25) is 5.89 Å². The van der Waals surface area contributed by atoms with Gasteiger partial charge in [-0.1, -0.05) is 113 Å². The zero-order chi connectivity index (χ0) is 38.9. The number of oxazole rings is 1. The van der Waals surface area contributed by atoms with Gasteiger partial charge in [0.15, 0.2) is 11.4 Å². The summed E-state index contributed by atoms with van der Waals surface area (Å²) in [4.78, 5) is 35.3. The molecule has 0 aliphatic carbocycles. The third kappa shape index (κ3) is 10.8. The maximum absolute atomic E-state index is 13.3. The van der Waals surface area contributed by atoms with Gasteiger partial charge in [0.1, 0.15) is 23.5 Å². The number of ether oxygens (including phenoxy) is 2. The van der Waals surface area contributed by atoms with Crippen molar-refractivity contribution in [2.45, 2.75) is 103 Å². The van der Waals surface area contributed by atoms with Gasteiger partial charge in [-0.15, -0.1) is 11.3 Å². The monoisotopic (exact) mass is 756 g/mol. The molecule has 2 aromatic rings. The van der Waals surface area contributed by atoms with Gasteiger partial charge in [-0.2, -0.15) is 0 Å². The van der Waals surface area contributed by atoms with Crippen molar-refractivity contribution in [1.29, 1.82) is 0 Å². The van der Waals surface area contributed by atoms with E-state index in [1.165, 1.54) is 17.6 Å². The third-order valence-electron chi connectivity index (χ3n) is 9.94. The molecule has 3 aliphatic rings. The molecule has 2 aromatic heterocycles. The van der Waals surface area contributed by atoms with Crippen LogP contribution in [0.25, 0.3) is 12.2 Å². The average molecular weight is 757 g/mol. The van der Waals surface area contributed by atoms with E-state index in [1.807, 2.05) is 102 Å². The fourth-order valence-electron chi connectivity index (χ4n) is 5.92. The summed E-state index contributed by atoms with van der Waals surface area (Å²) in [5.41, 5.74) is -1.31. The summed E-state index contributed by atoms with van der Waals surface area (Å²) < 4.78 is 17.5. The van der Waals surface area contributed by atoms with Crippen molar-refractivity contribution >= 4 is 35.4 Å². The van der Waals surface area contributed by atoms with Crippen LogP contribution in [0.3, 0.4) is 0 Å². The molecule has 8 atom stereocenters. The predicted octanol–water partition coefficient (Wildman–Crippen LogP) is 6.53. The SMILES string of the molecule is C/C=C/[C@H](O)C(C)(C)[C@@H]1C/C=C\[C@H]2N[C@H]2/C=C/C=C\c2nc(cs2)C(=O)O[C@H](C(C)(C)[C@@H](O)/C=C/C)C/C=C\[C@H]2N[C@H]2/C=C/C=C\c2nc(co2)C(=O)O1. The van der Waals surface area contributed by atoms with E-state index < -0.39 is 47.2 Å². The van der Waals surface area contributed by atoms with Crippen LogP contribution in [0.4, 0.5) is 0 Å². The normalized spacial score (nSPS) is 30.5. The number of thiazole rings is 1. The first-order valence-corrected chi connectivity index (χ1v) is 19.2. The Labute approximate surface area is 321 Å². The zero-order valence-electron chi connectivity index (χ0n) is 31.7. The second kappa shape index (κ2) is 18.2. The number of rotatable bonds is 6. The number of aliphatic hydroxyl groups is 2. The third-order valence-corrected chi connectivity index (χ3v) is 10.8. The molecule has 5 heterocycles. The van der Waals surface area contributed by atoms with Crippen molar-refractivity contribution in [1.82, 2.24) is 20.6 Å². The summed E-state index contributed by atoms with van der Waals surface area (Å²) in [5.74, 6) is -0.919. The number of nitrogens with zero attached hydrogens (tertiary/aromatic N) is 2. The van der Waals surface area contributed by atoms with E-state index in [9.17, 15) is 19.8 Å². The minimum Gasteiger partial charge on any atom is -0.457 e. The Kier molecular flexibility index (Phi) is 13.8. The lowest BCUT2D eigenvalue weighted by Crippen LogP contribution is -2.42. The summed E-state index contributed by atoms with van der Waals surface area (Å²) in [5, 5.41) is 30.9. The molecule has 4 N–H and O–H groups in total. The highest BCUT2D eigenvalue weighted by Gasteiger charge is 2.40. The first-order valence-electron chi connectivity index (χ1n) is 18.3. The molecule has 11 nitrogen and oxygen atoms in total. The number of carbonyl (C=O) groups is 2. The zero-order valence-corrected chi connectivity index (χ0v) is 32.5. The number of fused-ring (bicyclic) bond motifs is 6. The number of cyclic esters (lactones) is 2. The van der Waals surface area contributed by atoms with Gasteiger partial charge in [0.05, 0.1) is 12.2 Å². The van der Waals surface area contributed by atoms with Crippen molar-refractivity contribution in [3.63, 3.8) is 0 Å². The van der Waals surface area contributed by atoms with Crippen molar-refractivity contribution in [3.05, 3.63) is 119 Å². The van der Waals surface area contributed by atoms with Gasteiger partial charge in [0.25, 0.3) is 0 Å². The molecule has 4 bridgehead atoms. The number of esters is 2. The molecular formula is C42H52N4O7S. The minimum atomic E-state index is -0.845. The van der Waals surface area contributed by atoms with E-state index in [4.69, 9.17) is 13.9 Å². The van der Waals surface area contributed by atoms with Gasteiger partial charge in [-0.05, 0) is 19.9 Å². The number of carbonyl (C=O) groups excluding carboxylic acids is 2. The fraction of sp³-hybridized carbons (Fsp3) is 0.429. The van der Waals surface area contributed by atoms with Crippen molar-refractivity contribution in [3.8, 4) is 0 Å². The van der Waals surface area contributed by atoms with E-state index in [0.717, 1.165) is 0 Å². The van der Waals surface area contributed by atoms with E-state index in [0.29, 0.717) is 17.8 Å². The summed E-state index contributed by atoms with van der Waals surface area (Å²) in [7, 11) is 0. The van der Waals surface area contributed by atoms with Crippen LogP contribution in [-0.2, 0) is 9.47 Å². The molecule has 0 saturated carbocycles. The van der Waals surface area contributed by atoms with Crippen molar-refractivity contribution < 1.29 is 33.7 Å². The smallest absolute Gasteiger partial charge is 0.360 e. The maximum Gasteiger partial charge on any atom is 0.360 e. The Hall–Kier alpha value is -4.46. The highest BCUT2D eigenvalue weighted by Crippen LogP contribution is 2.34. The van der Waals surface area contributed by atoms with E-state index in [2.05, 4.69) is 20.6 Å². The molecule has 0 radical (unpaired) electrons. The Morgan fingerprint density at radius 1 is 0.741 bits per heavy atom. The molecule has 0 unspecified atom stereocenters. The lowest BCUT2D eigenvalue weighted by Gasteiger charge is -2.36. The summed E-state index contributed by atoms with van der Waals surface area (Å²) >= 11 is 1.35. The molecule has 12 heteroatoms. The summed E-state index contributed by atoms with van der Waals surface area (Å²) in [6.07, 6.45) is 29.0. The molecular weight excluding hydrogens is 705 g/mol. The summed E-state index contributed by atoms with van der Waals surface area (Å²) in [6, 6.07) is 0.435. The van der Waals surface area contributed by atoms with Gasteiger partial charge < -0.3 is 34.7 Å². The molecule has 5 rings (SSSR count). The molecule has 0 aromatic carbocycles. The molecule has 0 spiro atoms. The summed E-state index contributed by atoms with van der Waals surface area (Å²) in [6.45, 7) is 11.2. The van der Waals surface area contributed by atoms with Crippen LogP contribution < -0.4 is 10.6 Å². The number of allylic oxidation sites excluding steroid dienone is 6. The number of aliphatic hydroxyl groups excluding tert-OH is 2. The van der Waals surface area contributed by atoms with Gasteiger partial charge in [-0.3, -0.25) is 0 Å². The van der Waals surface area contributed by atoms with Crippen molar-refractivity contribution in [2.24, 2.45) is 10.8 Å².